The zero-order valence-electron chi connectivity index (χ0n) is 18.8. The van der Waals surface area contributed by atoms with Crippen molar-refractivity contribution in [2.45, 2.75) is 40.2 Å². The van der Waals surface area contributed by atoms with Gasteiger partial charge in [0.25, 0.3) is 0 Å². The van der Waals surface area contributed by atoms with E-state index in [4.69, 9.17) is 9.47 Å². The van der Waals surface area contributed by atoms with Gasteiger partial charge in [-0.15, -0.1) is 0 Å². The molecule has 0 amide bonds. The molecule has 2 aliphatic heterocycles. The molecular weight excluding hydrogens is 406 g/mol. The van der Waals surface area contributed by atoms with Gasteiger partial charge in [0.05, 0.1) is 23.7 Å². The van der Waals surface area contributed by atoms with Crippen LogP contribution in [0.1, 0.15) is 52.4 Å². The molecule has 0 spiro atoms. The number of fused-ring (bicyclic) bond motifs is 1. The second-order valence-electron chi connectivity index (χ2n) is 8.55. The number of hydrogen-bond acceptors (Lipinski definition) is 6. The zero-order chi connectivity index (χ0) is 22.8. The number of rotatable bonds is 5. The molecular formula is C26H29NO5. The molecule has 6 heteroatoms. The first-order valence-corrected chi connectivity index (χ1v) is 11.1. The third-order valence-corrected chi connectivity index (χ3v) is 6.15. The number of carbonyl (C=O) groups is 2. The number of piperidine rings is 1. The first-order valence-electron chi connectivity index (χ1n) is 11.1. The van der Waals surface area contributed by atoms with Gasteiger partial charge in [-0.25, -0.2) is 0 Å². The van der Waals surface area contributed by atoms with Gasteiger partial charge < -0.3 is 14.6 Å². The normalized spacial score (nSPS) is 18.0. The molecule has 0 bridgehead atoms. The molecule has 4 rings (SSSR count). The molecule has 1 saturated heterocycles. The molecule has 0 aromatic heterocycles. The van der Waals surface area contributed by atoms with Crippen molar-refractivity contribution in [3.8, 4) is 11.5 Å². The van der Waals surface area contributed by atoms with Crippen molar-refractivity contribution >= 4 is 17.8 Å². The lowest BCUT2D eigenvalue weighted by molar-refractivity contribution is -0.149. The van der Waals surface area contributed by atoms with E-state index < -0.39 is 0 Å². The standard InChI is InChI=1S/C26H29NO5/c1-4-31-26(30)19-8-10-27(11-9-19)15-20-21(28)13-17(3)23-24(29)22(32-25(20)23)14-18-7-5-6-16(2)12-18/h5-7,12-14,19,28H,4,8-11,15H2,1-3H3. The van der Waals surface area contributed by atoms with Gasteiger partial charge in [0, 0.05) is 6.54 Å². The topological polar surface area (TPSA) is 76.1 Å². The Balaban J connectivity index is 1.56. The molecule has 2 aromatic carbocycles. The molecule has 6 nitrogen and oxygen atoms in total. The lowest BCUT2D eigenvalue weighted by atomic mass is 9.95. The summed E-state index contributed by atoms with van der Waals surface area (Å²) in [6.45, 7) is 7.90. The van der Waals surface area contributed by atoms with Crippen LogP contribution in [0.15, 0.2) is 36.1 Å². The van der Waals surface area contributed by atoms with Crippen LogP contribution < -0.4 is 4.74 Å². The molecule has 32 heavy (non-hydrogen) atoms. The van der Waals surface area contributed by atoms with Gasteiger partial charge in [-0.05, 0) is 70.0 Å². The summed E-state index contributed by atoms with van der Waals surface area (Å²) in [5, 5.41) is 10.7. The minimum Gasteiger partial charge on any atom is -0.507 e. The number of phenols is 1. The van der Waals surface area contributed by atoms with Crippen molar-refractivity contribution in [1.82, 2.24) is 4.90 Å². The maximum Gasteiger partial charge on any atom is 0.309 e. The Morgan fingerprint density at radius 1 is 1.25 bits per heavy atom. The van der Waals surface area contributed by atoms with E-state index in [0.29, 0.717) is 61.5 Å². The Morgan fingerprint density at radius 2 is 2.00 bits per heavy atom. The van der Waals surface area contributed by atoms with E-state index in [0.717, 1.165) is 11.1 Å². The maximum atomic E-state index is 13.1. The molecule has 2 aliphatic rings. The van der Waals surface area contributed by atoms with Crippen LogP contribution in [-0.4, -0.2) is 41.5 Å². The third-order valence-electron chi connectivity index (χ3n) is 6.15. The third kappa shape index (κ3) is 4.41. The maximum absolute atomic E-state index is 13.1. The smallest absolute Gasteiger partial charge is 0.309 e. The fraction of sp³-hybridized carbons (Fsp3) is 0.385. The Labute approximate surface area is 188 Å². The number of benzene rings is 2. The number of allylic oxidation sites excluding steroid dienone is 1. The predicted molar refractivity (Wildman–Crippen MR) is 122 cm³/mol. The number of likely N-dealkylation sites (tertiary alicyclic amines) is 1. The molecule has 2 aromatic rings. The number of Topliss-reactive ketones (excluding diaryl/α,β-unsaturated/α-hetero) is 1. The molecule has 0 atom stereocenters. The van der Waals surface area contributed by atoms with Crippen molar-refractivity contribution in [2.75, 3.05) is 19.7 Å². The van der Waals surface area contributed by atoms with E-state index >= 15 is 0 Å². The first kappa shape index (κ1) is 22.1. The van der Waals surface area contributed by atoms with Crippen molar-refractivity contribution in [1.29, 1.82) is 0 Å². The highest BCUT2D eigenvalue weighted by Crippen LogP contribution is 2.42. The van der Waals surface area contributed by atoms with E-state index in [1.807, 2.05) is 45.0 Å². The largest absolute Gasteiger partial charge is 0.507 e. The molecule has 2 heterocycles. The molecule has 1 fully saturated rings. The number of phenolic OH excluding ortho intramolecular Hbond substituents is 1. The van der Waals surface area contributed by atoms with Crippen LogP contribution in [0, 0.1) is 19.8 Å². The van der Waals surface area contributed by atoms with E-state index in [1.165, 1.54) is 0 Å². The predicted octanol–water partition coefficient (Wildman–Crippen LogP) is 4.40. The zero-order valence-corrected chi connectivity index (χ0v) is 18.8. The summed E-state index contributed by atoms with van der Waals surface area (Å²) in [5.41, 5.74) is 3.81. The van der Waals surface area contributed by atoms with Crippen molar-refractivity contribution < 1.29 is 24.2 Å². The number of carbonyl (C=O) groups excluding carboxylic acids is 2. The highest BCUT2D eigenvalue weighted by atomic mass is 16.5. The van der Waals surface area contributed by atoms with Gasteiger partial charge in [-0.3, -0.25) is 14.5 Å². The fourth-order valence-corrected chi connectivity index (χ4v) is 4.45. The second-order valence-corrected chi connectivity index (χ2v) is 8.55. The SMILES string of the molecule is CCOC(=O)C1CCN(Cc2c(O)cc(C)c3c2OC(=Cc2cccc(C)c2)C3=O)CC1. The van der Waals surface area contributed by atoms with Gasteiger partial charge in [-0.2, -0.15) is 0 Å². The van der Waals surface area contributed by atoms with Crippen molar-refractivity contribution in [3.63, 3.8) is 0 Å². The minimum absolute atomic E-state index is 0.0785. The summed E-state index contributed by atoms with van der Waals surface area (Å²) < 4.78 is 11.2. The average molecular weight is 436 g/mol. The summed E-state index contributed by atoms with van der Waals surface area (Å²) in [5.74, 6) is 0.455. The molecule has 0 radical (unpaired) electrons. The number of hydrogen-bond donors (Lipinski definition) is 1. The number of nitrogens with zero attached hydrogens (tertiary/aromatic N) is 1. The van der Waals surface area contributed by atoms with Crippen LogP contribution in [0.25, 0.3) is 6.08 Å². The molecule has 168 valence electrons. The molecule has 0 aliphatic carbocycles. The lowest BCUT2D eigenvalue weighted by Gasteiger charge is -2.31. The van der Waals surface area contributed by atoms with Crippen LogP contribution in [-0.2, 0) is 16.1 Å². The summed E-state index contributed by atoms with van der Waals surface area (Å²) >= 11 is 0. The van der Waals surface area contributed by atoms with E-state index in [2.05, 4.69) is 4.90 Å². The Morgan fingerprint density at radius 3 is 2.69 bits per heavy atom. The highest BCUT2D eigenvalue weighted by Gasteiger charge is 2.34. The van der Waals surface area contributed by atoms with Crippen molar-refractivity contribution in [2.24, 2.45) is 5.92 Å². The quantitative estimate of drug-likeness (QED) is 0.554. The van der Waals surface area contributed by atoms with Gasteiger partial charge in [-0.1, -0.05) is 29.8 Å². The second kappa shape index (κ2) is 9.17. The van der Waals surface area contributed by atoms with Gasteiger partial charge in [0.15, 0.2) is 5.76 Å². The Kier molecular flexibility index (Phi) is 6.33. The summed E-state index contributed by atoms with van der Waals surface area (Å²) in [6, 6.07) is 9.50. The number of ketones is 1. The van der Waals surface area contributed by atoms with Crippen LogP contribution in [0.2, 0.25) is 0 Å². The molecule has 0 saturated carbocycles. The van der Waals surface area contributed by atoms with Crippen LogP contribution in [0.4, 0.5) is 0 Å². The van der Waals surface area contributed by atoms with Gasteiger partial charge in [0.2, 0.25) is 5.78 Å². The van der Waals surface area contributed by atoms with Gasteiger partial charge in [0.1, 0.15) is 11.5 Å². The fourth-order valence-electron chi connectivity index (χ4n) is 4.45. The van der Waals surface area contributed by atoms with E-state index in [-0.39, 0.29) is 29.2 Å². The molecule has 1 N–H and O–H groups in total. The van der Waals surface area contributed by atoms with Gasteiger partial charge >= 0.3 is 5.97 Å². The monoisotopic (exact) mass is 435 g/mol. The highest BCUT2D eigenvalue weighted by molar-refractivity contribution is 6.15. The number of esters is 1. The number of ether oxygens (including phenoxy) is 2. The van der Waals surface area contributed by atoms with E-state index in [1.54, 1.807) is 12.1 Å². The lowest BCUT2D eigenvalue weighted by Crippen LogP contribution is -2.36. The number of aromatic hydroxyl groups is 1. The van der Waals surface area contributed by atoms with Crippen LogP contribution in [0.5, 0.6) is 11.5 Å². The summed E-state index contributed by atoms with van der Waals surface area (Å²) in [6.07, 6.45) is 3.18. The van der Waals surface area contributed by atoms with E-state index in [9.17, 15) is 14.7 Å². The number of aryl methyl sites for hydroxylation is 2. The average Bonchev–Trinajstić information content (AvgIpc) is 3.08. The van der Waals surface area contributed by atoms with Crippen molar-refractivity contribution in [3.05, 3.63) is 63.9 Å². The van der Waals surface area contributed by atoms with Crippen LogP contribution in [0.3, 0.4) is 0 Å². The minimum atomic E-state index is -0.165. The van der Waals surface area contributed by atoms with Crippen LogP contribution >= 0.6 is 0 Å². The summed E-state index contributed by atoms with van der Waals surface area (Å²) in [7, 11) is 0. The first-order chi connectivity index (χ1) is 15.4. The molecule has 0 unspecified atom stereocenters. The Hall–Kier alpha value is -3.12. The Bertz CT molecular complexity index is 1080. The summed E-state index contributed by atoms with van der Waals surface area (Å²) in [4.78, 5) is 27.3.